The molecule has 0 radical (unpaired) electrons. The molecule has 3 rings (SSSR count). The number of rotatable bonds is 23. The van der Waals surface area contributed by atoms with Crippen molar-refractivity contribution in [2.24, 2.45) is 11.8 Å². The summed E-state index contributed by atoms with van der Waals surface area (Å²) < 4.78 is 20.9. The second-order valence-electron chi connectivity index (χ2n) is 12.6. The van der Waals surface area contributed by atoms with Crippen LogP contribution in [0.2, 0.25) is 0 Å². The lowest BCUT2D eigenvalue weighted by molar-refractivity contribution is -0.145. The number of methoxy groups -OCH3 is 2. The van der Waals surface area contributed by atoms with Crippen molar-refractivity contribution in [3.8, 4) is 17.1 Å². The van der Waals surface area contributed by atoms with Gasteiger partial charge in [-0.2, -0.15) is 0 Å². The number of furan rings is 1. The number of ether oxygens (including phenoxy) is 3. The molecule has 55 heavy (non-hydrogen) atoms. The quantitative estimate of drug-likeness (QED) is 0.0446. The Morgan fingerprint density at radius 1 is 0.782 bits per heavy atom. The molecule has 0 saturated heterocycles. The van der Waals surface area contributed by atoms with Crippen molar-refractivity contribution >= 4 is 35.6 Å². The maximum Gasteiger partial charge on any atom is 0.328 e. The van der Waals surface area contributed by atoms with E-state index in [9.17, 15) is 28.8 Å². The molecule has 4 N–H and O–H groups in total. The Hall–Kier alpha value is -5.70. The molecular weight excluding hydrogens is 712 g/mol. The number of carbonyl (C=O) groups excluding carboxylic acids is 6. The lowest BCUT2D eigenvalue weighted by Crippen LogP contribution is -2.45. The first-order valence-corrected chi connectivity index (χ1v) is 18.4. The molecule has 15 nitrogen and oxygen atoms in total. The van der Waals surface area contributed by atoms with Crippen LogP contribution < -0.4 is 26.2 Å². The van der Waals surface area contributed by atoms with Crippen LogP contribution in [-0.2, 0) is 40.1 Å². The Morgan fingerprint density at radius 2 is 1.55 bits per heavy atom. The minimum atomic E-state index is -1.11. The number of unbranched alkanes of at least 4 members (excludes halogenated alkanes) is 2. The summed E-state index contributed by atoms with van der Waals surface area (Å²) in [5, 5.41) is 7.95. The first kappa shape index (κ1) is 43.7. The van der Waals surface area contributed by atoms with Gasteiger partial charge in [-0.15, -0.1) is 0 Å². The molecule has 1 aromatic heterocycles. The summed E-state index contributed by atoms with van der Waals surface area (Å²) in [5.41, 5.74) is 4.01. The Labute approximate surface area is 321 Å². The third kappa shape index (κ3) is 13.6. The molecule has 15 heteroatoms. The second-order valence-corrected chi connectivity index (χ2v) is 12.6. The number of hydrogen-bond donors (Lipinski definition) is 4. The summed E-state index contributed by atoms with van der Waals surface area (Å²) in [6, 6.07) is 16.0. The van der Waals surface area contributed by atoms with Crippen LogP contribution >= 0.6 is 0 Å². The Balaban J connectivity index is 1.64. The molecule has 0 saturated carbocycles. The van der Waals surface area contributed by atoms with E-state index in [1.54, 1.807) is 25.1 Å². The van der Waals surface area contributed by atoms with Gasteiger partial charge in [0.2, 0.25) is 11.8 Å². The minimum absolute atomic E-state index is 0.0311. The Kier molecular flexibility index (Phi) is 18.4. The van der Waals surface area contributed by atoms with E-state index in [4.69, 9.17) is 18.7 Å². The molecule has 3 aromatic rings. The highest BCUT2D eigenvalue weighted by molar-refractivity contribution is 6.00. The van der Waals surface area contributed by atoms with Crippen molar-refractivity contribution in [1.82, 2.24) is 21.4 Å². The molecule has 1 heterocycles. The number of amides is 4. The third-order valence-corrected chi connectivity index (χ3v) is 8.78. The highest BCUT2D eigenvalue weighted by atomic mass is 16.6. The van der Waals surface area contributed by atoms with Crippen LogP contribution in [0.4, 0.5) is 0 Å². The van der Waals surface area contributed by atoms with Crippen molar-refractivity contribution in [2.45, 2.75) is 78.4 Å². The predicted octanol–water partition coefficient (Wildman–Crippen LogP) is 4.84. The van der Waals surface area contributed by atoms with E-state index in [1.807, 2.05) is 37.3 Å². The van der Waals surface area contributed by atoms with E-state index in [1.165, 1.54) is 26.4 Å². The van der Waals surface area contributed by atoms with Crippen LogP contribution in [0, 0.1) is 11.8 Å². The molecule has 298 valence electrons. The Morgan fingerprint density at radius 3 is 2.22 bits per heavy atom. The van der Waals surface area contributed by atoms with E-state index < -0.39 is 41.6 Å². The fourth-order valence-corrected chi connectivity index (χ4v) is 5.80. The van der Waals surface area contributed by atoms with Crippen LogP contribution in [0.25, 0.3) is 11.3 Å². The fraction of sp³-hybridized carbons (Fsp3) is 0.450. The smallest absolute Gasteiger partial charge is 0.328 e. The molecule has 0 unspecified atom stereocenters. The molecule has 0 bridgehead atoms. The van der Waals surface area contributed by atoms with E-state index >= 15 is 0 Å². The van der Waals surface area contributed by atoms with Gasteiger partial charge in [-0.1, -0.05) is 69.5 Å². The summed E-state index contributed by atoms with van der Waals surface area (Å²) >= 11 is 0. The zero-order chi connectivity index (χ0) is 40.2. The number of esters is 2. The molecule has 0 aliphatic carbocycles. The first-order chi connectivity index (χ1) is 26.6. The monoisotopic (exact) mass is 764 g/mol. The topological polar surface area (TPSA) is 201 Å². The van der Waals surface area contributed by atoms with Gasteiger partial charge < -0.3 is 34.6 Å². The standard InChI is InChI=1S/C40H52N4O11/c1-6-9-11-16-29(28(7-2)38(48)44-54-24-26-14-12-10-13-15-26)36(46)41-25-42-39(49)33-21-20-32(55-33)27-17-18-30(34(23-27)53-8-3)37(47)43-31(40(50)52-5)19-22-35(45)51-4/h10,12-15,17-18,20-21,23,28-29,31H,6-9,11,16,19,22,24-25H2,1-5H3,(H,41,46)(H,42,49)(H,43,47)(H,44,48)/t28-,29-,31+/m1/s1. The lowest BCUT2D eigenvalue weighted by Gasteiger charge is -2.24. The van der Waals surface area contributed by atoms with Gasteiger partial charge in [0, 0.05) is 17.9 Å². The van der Waals surface area contributed by atoms with Crippen LogP contribution in [0.15, 0.2) is 65.1 Å². The van der Waals surface area contributed by atoms with Gasteiger partial charge in [-0.3, -0.25) is 28.8 Å². The molecule has 0 spiro atoms. The van der Waals surface area contributed by atoms with Gasteiger partial charge >= 0.3 is 11.9 Å². The van der Waals surface area contributed by atoms with Gasteiger partial charge in [-0.25, -0.2) is 10.3 Å². The number of benzene rings is 2. The van der Waals surface area contributed by atoms with Crippen molar-refractivity contribution in [2.75, 3.05) is 27.5 Å². The molecule has 0 aliphatic rings. The summed E-state index contributed by atoms with van der Waals surface area (Å²) in [5.74, 6) is -4.06. The largest absolute Gasteiger partial charge is 0.493 e. The van der Waals surface area contributed by atoms with Crippen molar-refractivity contribution in [3.05, 3.63) is 77.6 Å². The van der Waals surface area contributed by atoms with Gasteiger partial charge in [0.15, 0.2) is 5.76 Å². The summed E-state index contributed by atoms with van der Waals surface area (Å²) in [4.78, 5) is 82.1. The summed E-state index contributed by atoms with van der Waals surface area (Å²) in [6.07, 6.45) is 3.36. The zero-order valence-electron chi connectivity index (χ0n) is 32.1. The third-order valence-electron chi connectivity index (χ3n) is 8.78. The van der Waals surface area contributed by atoms with Gasteiger partial charge in [0.05, 0.1) is 45.6 Å². The average molecular weight is 765 g/mol. The minimum Gasteiger partial charge on any atom is -0.493 e. The molecule has 2 aromatic carbocycles. The normalized spacial score (nSPS) is 12.4. The maximum atomic E-state index is 13.4. The summed E-state index contributed by atoms with van der Waals surface area (Å²) in [7, 11) is 2.40. The van der Waals surface area contributed by atoms with Gasteiger partial charge in [0.25, 0.3) is 11.8 Å². The number of nitrogens with one attached hydrogen (secondary N) is 4. The number of carbonyl (C=O) groups is 6. The number of hydrogen-bond acceptors (Lipinski definition) is 11. The van der Waals surface area contributed by atoms with Crippen LogP contribution in [0.5, 0.6) is 5.75 Å². The lowest BCUT2D eigenvalue weighted by atomic mass is 9.84. The highest BCUT2D eigenvalue weighted by Gasteiger charge is 2.32. The van der Waals surface area contributed by atoms with Crippen LogP contribution in [0.3, 0.4) is 0 Å². The molecular formula is C40H52N4O11. The van der Waals surface area contributed by atoms with Crippen molar-refractivity contribution in [3.63, 3.8) is 0 Å². The second kappa shape index (κ2) is 23.2. The molecule has 3 atom stereocenters. The zero-order valence-corrected chi connectivity index (χ0v) is 32.1. The maximum absolute atomic E-state index is 13.4. The van der Waals surface area contributed by atoms with Gasteiger partial charge in [0.1, 0.15) is 17.6 Å². The highest BCUT2D eigenvalue weighted by Crippen LogP contribution is 2.29. The van der Waals surface area contributed by atoms with E-state index in [-0.39, 0.29) is 61.6 Å². The van der Waals surface area contributed by atoms with Crippen molar-refractivity contribution < 1.29 is 52.2 Å². The molecule has 4 amide bonds. The Bertz CT molecular complexity index is 1730. The predicted molar refractivity (Wildman–Crippen MR) is 201 cm³/mol. The van der Waals surface area contributed by atoms with Crippen molar-refractivity contribution in [1.29, 1.82) is 0 Å². The van der Waals surface area contributed by atoms with E-state index in [2.05, 4.69) is 33.1 Å². The summed E-state index contributed by atoms with van der Waals surface area (Å²) in [6.45, 7) is 5.84. The average Bonchev–Trinajstić information content (AvgIpc) is 3.70. The fourth-order valence-electron chi connectivity index (χ4n) is 5.80. The van der Waals surface area contributed by atoms with Crippen LogP contribution in [-0.4, -0.2) is 69.1 Å². The van der Waals surface area contributed by atoms with Crippen LogP contribution in [0.1, 0.15) is 92.2 Å². The van der Waals surface area contributed by atoms with E-state index in [0.717, 1.165) is 24.8 Å². The molecule has 0 fully saturated rings. The van der Waals surface area contributed by atoms with E-state index in [0.29, 0.717) is 24.2 Å². The first-order valence-electron chi connectivity index (χ1n) is 18.4. The number of hydroxylamine groups is 1. The molecule has 0 aliphatic heterocycles. The van der Waals surface area contributed by atoms with Gasteiger partial charge in [-0.05, 0) is 56.0 Å². The SMILES string of the molecule is CCCCC[C@@H](C(=O)NCNC(=O)c1ccc(-c2ccc(C(=O)N[C@@H](CCC(=O)OC)C(=O)OC)c(OCC)c2)o1)[C@@H](CC)C(=O)NOCc1ccccc1.